The number of imidazole rings is 3. The number of piperidine rings is 1. The molecular weight excluding hydrogens is 1660 g/mol. The van der Waals surface area contributed by atoms with Crippen LogP contribution >= 0.6 is 31.9 Å². The quantitative estimate of drug-likeness (QED) is 0.0354. The fraction of sp³-hybridized carbons (Fsp3) is 0.137. The molecule has 9 heterocycles. The van der Waals surface area contributed by atoms with Crippen LogP contribution in [0.3, 0.4) is 0 Å². The first-order valence-electron chi connectivity index (χ1n) is 41.3. The summed E-state index contributed by atoms with van der Waals surface area (Å²) in [5, 5.41) is 14.7. The fourth-order valence-electron chi connectivity index (χ4n) is 17.6. The second kappa shape index (κ2) is 32.8. The summed E-state index contributed by atoms with van der Waals surface area (Å²) in [4.78, 5) is 88.9. The van der Waals surface area contributed by atoms with E-state index in [1.54, 1.807) is 26.8 Å². The number of carbonyl (C=O) groups excluding carboxylic acids is 3. The number of halogens is 2. The molecule has 20 aromatic rings. The number of H-pyrrole nitrogens is 6. The first-order valence-corrected chi connectivity index (χ1v) is 42.9. The maximum atomic E-state index is 14.0. The van der Waals surface area contributed by atoms with Crippen molar-refractivity contribution in [3.63, 3.8) is 0 Å². The molecule has 1 fully saturated rings. The molecule has 0 bridgehead atoms. The Balaban J connectivity index is 0.000000124. The van der Waals surface area contributed by atoms with Crippen molar-refractivity contribution < 1.29 is 23.9 Å². The van der Waals surface area contributed by atoms with Crippen LogP contribution in [-0.2, 0) is 25.6 Å². The number of ether oxygens (including phenoxy) is 2. The summed E-state index contributed by atoms with van der Waals surface area (Å²) in [5.41, 5.74) is 23.3. The number of anilines is 1. The first kappa shape index (κ1) is 77.5. The van der Waals surface area contributed by atoms with Crippen LogP contribution in [0.15, 0.2) is 295 Å². The van der Waals surface area contributed by atoms with Gasteiger partial charge in [0.05, 0.1) is 62.2 Å². The zero-order chi connectivity index (χ0) is 83.4. The molecule has 1 atom stereocenters. The molecule has 2 amide bonds. The van der Waals surface area contributed by atoms with E-state index in [-0.39, 0.29) is 12.5 Å². The molecule has 2 aliphatic rings. The predicted octanol–water partition coefficient (Wildman–Crippen LogP) is 24.5. The summed E-state index contributed by atoms with van der Waals surface area (Å²) in [7, 11) is 0. The van der Waals surface area contributed by atoms with Gasteiger partial charge >= 0.3 is 12.1 Å². The number of para-hydroxylation sites is 1. The molecule has 604 valence electrons. The number of aromatic nitrogens is 11. The Morgan fingerprint density at radius 2 is 1.02 bits per heavy atom. The van der Waals surface area contributed by atoms with Gasteiger partial charge in [0.15, 0.2) is 0 Å². The average molecular weight is 1740 g/mol. The van der Waals surface area contributed by atoms with Gasteiger partial charge < -0.3 is 50.0 Å². The monoisotopic (exact) mass is 1740 g/mol. The zero-order valence-corrected chi connectivity index (χ0v) is 70.6. The minimum atomic E-state index is -1.29. The van der Waals surface area contributed by atoms with Gasteiger partial charge in [0, 0.05) is 128 Å². The third-order valence-electron chi connectivity index (χ3n) is 23.2. The Hall–Kier alpha value is -14.1. The van der Waals surface area contributed by atoms with Gasteiger partial charge in [-0.05, 0) is 170 Å². The molecule has 0 saturated carbocycles. The number of benzene rings is 12. The van der Waals surface area contributed by atoms with Gasteiger partial charge in [-0.15, -0.1) is 0 Å². The van der Waals surface area contributed by atoms with Gasteiger partial charge in [0.1, 0.15) is 35.7 Å². The van der Waals surface area contributed by atoms with Crippen molar-refractivity contribution in [2.45, 2.75) is 70.6 Å². The van der Waals surface area contributed by atoms with E-state index >= 15 is 0 Å². The molecule has 8 N–H and O–H groups in total. The van der Waals surface area contributed by atoms with E-state index < -0.39 is 36.0 Å². The van der Waals surface area contributed by atoms with Crippen LogP contribution in [0, 0.1) is 0 Å². The normalized spacial score (nSPS) is 13.2. The Morgan fingerprint density at radius 3 is 1.71 bits per heavy atom. The molecule has 0 unspecified atom stereocenters. The second-order valence-electron chi connectivity index (χ2n) is 32.3. The van der Waals surface area contributed by atoms with Crippen molar-refractivity contribution in [2.24, 2.45) is 0 Å². The highest BCUT2D eigenvalue weighted by Gasteiger charge is 2.33. The van der Waals surface area contributed by atoms with E-state index in [0.717, 1.165) is 198 Å². The van der Waals surface area contributed by atoms with Gasteiger partial charge in [0.2, 0.25) is 5.91 Å². The Morgan fingerprint density at radius 1 is 0.472 bits per heavy atom. The summed E-state index contributed by atoms with van der Waals surface area (Å²) in [6.07, 6.45) is 10.4. The number of likely N-dealkylation sites (tertiary alicyclic amines) is 1. The molecule has 1 aliphatic carbocycles. The van der Waals surface area contributed by atoms with Crippen LogP contribution in [-0.4, -0.2) is 109 Å². The number of nitrogens with zero attached hydrogens (tertiary/aromatic N) is 6. The number of nitrogens with one attached hydrogen (secondary N) is 8. The lowest BCUT2D eigenvalue weighted by molar-refractivity contribution is -0.156. The van der Waals surface area contributed by atoms with Crippen LogP contribution < -0.4 is 10.6 Å². The Kier molecular flexibility index (Phi) is 20.7. The van der Waals surface area contributed by atoms with Crippen molar-refractivity contribution in [3.05, 3.63) is 311 Å². The van der Waals surface area contributed by atoms with Crippen molar-refractivity contribution in [3.8, 4) is 79.1 Å². The summed E-state index contributed by atoms with van der Waals surface area (Å²) >= 11 is 7.21. The Labute approximate surface area is 723 Å². The minimum Gasteiger partial charge on any atom is -0.460 e. The molecule has 123 heavy (non-hydrogen) atoms. The number of hydrogen-bond acceptors (Lipinski definition) is 11. The Bertz CT molecular complexity index is 7340. The van der Waals surface area contributed by atoms with Crippen LogP contribution in [0.1, 0.15) is 69.1 Å². The molecule has 12 aromatic carbocycles. The zero-order valence-electron chi connectivity index (χ0n) is 67.4. The van der Waals surface area contributed by atoms with E-state index in [1.807, 2.05) is 128 Å². The number of rotatable bonds is 15. The van der Waals surface area contributed by atoms with E-state index in [2.05, 4.69) is 239 Å². The molecule has 1 aliphatic heterocycles. The third-order valence-corrected chi connectivity index (χ3v) is 24.2. The summed E-state index contributed by atoms with van der Waals surface area (Å²) in [6.45, 7) is 8.75. The molecule has 0 radical (unpaired) electrons. The number of alkyl carbamates (subject to hydrolysis) is 1. The highest BCUT2D eigenvalue weighted by atomic mass is 79.9. The maximum Gasteiger partial charge on any atom is 0.407 e. The van der Waals surface area contributed by atoms with Crippen molar-refractivity contribution in [1.29, 1.82) is 0 Å². The SMILES string of the molecule is Brc1ccc2[nH]cc(-c3nc(-c4ccccc4)c(-c4ccc(CN5CCCCC5)cc4)[nH]3)c2c1.CC(C)(C)OC(=O)C[C@H](NC(=O)OCC1c2ccccc2-c2ccccc21)C(=O)Nc1ccc2c3ccccc3c3[nH]c(-c4c[nH]c5ccc(Br)cc45)nc3c2c1.c1ccc(-c2[nH]c3ccccc3c2-c2nc3c4cccnc4c4ncccc4c3[nH]2)cc1. The largest absolute Gasteiger partial charge is 0.460 e. The molecule has 8 aromatic heterocycles. The first-order chi connectivity index (χ1) is 60.1. The van der Waals surface area contributed by atoms with Crippen LogP contribution in [0.2, 0.25) is 0 Å². The average Bonchev–Trinajstić information content (AvgIpc) is 1.62. The standard InChI is InChI=1S/C46H38BrN5O5.C29H27BrN4.C27H17N5/c1-46(2,3)57-40(53)22-39(50-45(55)56-24-37-30-13-6-4-10-27(30)28-11-5-7-14-31(28)37)44(54)49-26-17-18-32-29-12-8-9-15-33(29)41-42(35(32)21-26)52-43(51-41)36-23-48-38-19-16-25(47)20-34(36)38;30-23-13-14-26-24(17-23)25(18-31-26)29-32-27(21-7-3-1-4-8-21)28(33-29)22-11-9-20(10-12-22)19-34-15-5-2-6-16-34;1-2-8-16(9-3-1)22-21(17-10-4-5-13-20(17)30-22)27-31-25-18-11-6-14-28-23(18)24-19(26(25)32-27)12-7-15-29-24/h4-21,23,37,39,48H,22,24H2,1-3H3,(H,49,54)(H,50,55)(H,51,52);1,3-4,7-14,17-18,31H,2,5-6,15-16,19H2,(H,32,33);1-15,30H,(H,31,32)/t39-;;/m0../s1. The number of aromatic amines is 6. The smallest absolute Gasteiger partial charge is 0.407 e. The second-order valence-corrected chi connectivity index (χ2v) is 34.1. The third kappa shape index (κ3) is 15.3. The van der Waals surface area contributed by atoms with E-state index in [4.69, 9.17) is 24.4 Å². The van der Waals surface area contributed by atoms with Gasteiger partial charge in [-0.2, -0.15) is 0 Å². The van der Waals surface area contributed by atoms with Crippen LogP contribution in [0.5, 0.6) is 0 Å². The number of hydrogen-bond donors (Lipinski definition) is 8. The highest BCUT2D eigenvalue weighted by Crippen LogP contribution is 2.47. The van der Waals surface area contributed by atoms with Crippen LogP contribution in [0.4, 0.5) is 10.5 Å². The van der Waals surface area contributed by atoms with Crippen molar-refractivity contribution in [2.75, 3.05) is 25.0 Å². The number of carbonyl (C=O) groups is 3. The van der Waals surface area contributed by atoms with E-state index in [9.17, 15) is 14.4 Å². The lowest BCUT2D eigenvalue weighted by Crippen LogP contribution is -2.46. The lowest BCUT2D eigenvalue weighted by Gasteiger charge is -2.26. The summed E-state index contributed by atoms with van der Waals surface area (Å²) < 4.78 is 13.3. The fourth-order valence-corrected chi connectivity index (χ4v) is 18.3. The molecule has 21 heteroatoms. The molecule has 22 rings (SSSR count). The molecule has 1 saturated heterocycles. The maximum absolute atomic E-state index is 14.0. The minimum absolute atomic E-state index is 0.0523. The van der Waals surface area contributed by atoms with Gasteiger partial charge in [-0.1, -0.05) is 220 Å². The molecular formula is C102H82Br2N14O5. The van der Waals surface area contributed by atoms with Gasteiger partial charge in [-0.3, -0.25) is 24.5 Å². The van der Waals surface area contributed by atoms with Gasteiger partial charge in [-0.25, -0.2) is 19.7 Å². The number of fused-ring (bicyclic) bond motifs is 18. The van der Waals surface area contributed by atoms with Crippen molar-refractivity contribution in [1.82, 2.24) is 65.0 Å². The summed E-state index contributed by atoms with van der Waals surface area (Å²) in [5.74, 6) is 0.992. The summed E-state index contributed by atoms with van der Waals surface area (Å²) in [6, 6.07) is 87.1. The van der Waals surface area contributed by atoms with Crippen molar-refractivity contribution >= 4 is 154 Å². The lowest BCUT2D eigenvalue weighted by atomic mass is 9.98. The highest BCUT2D eigenvalue weighted by molar-refractivity contribution is 9.10. The van der Waals surface area contributed by atoms with Gasteiger partial charge in [0.25, 0.3) is 0 Å². The van der Waals surface area contributed by atoms with E-state index in [1.165, 1.54) is 37.9 Å². The molecule has 0 spiro atoms. The number of pyridine rings is 2. The number of amides is 2. The van der Waals surface area contributed by atoms with E-state index in [0.29, 0.717) is 11.5 Å². The topological polar surface area (TPSA) is 256 Å². The predicted molar refractivity (Wildman–Crippen MR) is 500 cm³/mol. The molecule has 19 nitrogen and oxygen atoms in total. The number of esters is 1. The van der Waals surface area contributed by atoms with Crippen LogP contribution in [0.25, 0.3) is 177 Å².